The quantitative estimate of drug-likeness (QED) is 0.355. The molecule has 0 radical (unpaired) electrons. The van der Waals surface area contributed by atoms with E-state index in [0.717, 1.165) is 68.4 Å². The van der Waals surface area contributed by atoms with E-state index in [1.165, 1.54) is 12.8 Å². The first kappa shape index (κ1) is 25.7. The molecule has 3 aromatic rings. The molecule has 10 nitrogen and oxygen atoms in total. The number of carbonyl (C=O) groups is 1. The van der Waals surface area contributed by atoms with Gasteiger partial charge in [-0.2, -0.15) is 10.2 Å². The van der Waals surface area contributed by atoms with Crippen LogP contribution < -0.4 is 16.2 Å². The van der Waals surface area contributed by atoms with Crippen LogP contribution in [0.1, 0.15) is 50.1 Å². The predicted octanol–water partition coefficient (Wildman–Crippen LogP) is 2.64. The number of amides is 1. The van der Waals surface area contributed by atoms with E-state index in [4.69, 9.17) is 10.2 Å². The van der Waals surface area contributed by atoms with E-state index in [0.29, 0.717) is 35.7 Å². The van der Waals surface area contributed by atoms with Crippen LogP contribution in [0.25, 0.3) is 21.8 Å². The number of fused-ring (bicyclic) bond motifs is 3. The number of pyridine rings is 1. The first-order chi connectivity index (χ1) is 19.0. The summed E-state index contributed by atoms with van der Waals surface area (Å²) in [6.07, 6.45) is 7.21. The standard InChI is InChI=1S/C29H36N8O2/c1-35-10-12-36(13-11-35)18-20-4-9-23-24(14-20)28(39)37(22-7-5-21(6-8-22)33-26(38)15-30)27-25(23)17-32-29(34-27)31-16-19-2-3-19/h4,9,14,17,19,21-22H,2-3,5-8,10-13,16,18H2,1H3,(H,33,38)(H,31,32,34). The highest BCUT2D eigenvalue weighted by Crippen LogP contribution is 2.33. The fourth-order valence-corrected chi connectivity index (χ4v) is 6.02. The van der Waals surface area contributed by atoms with Crippen LogP contribution in [0.4, 0.5) is 5.95 Å². The molecule has 1 amide bonds. The van der Waals surface area contributed by atoms with E-state index in [-0.39, 0.29) is 17.6 Å². The summed E-state index contributed by atoms with van der Waals surface area (Å²) in [7, 11) is 2.15. The second-order valence-electron chi connectivity index (χ2n) is 11.5. The van der Waals surface area contributed by atoms with Crippen LogP contribution in [0.2, 0.25) is 0 Å². The maximum absolute atomic E-state index is 14.2. The number of likely N-dealkylation sites (N-methyl/N-ethyl adjacent to an activating group) is 1. The molecule has 0 bridgehead atoms. The maximum atomic E-state index is 14.2. The Morgan fingerprint density at radius 2 is 1.82 bits per heavy atom. The summed E-state index contributed by atoms with van der Waals surface area (Å²) in [6.45, 7) is 5.82. The number of carbonyl (C=O) groups excluding carboxylic acids is 1. The van der Waals surface area contributed by atoms with Crippen molar-refractivity contribution in [3.8, 4) is 6.07 Å². The predicted molar refractivity (Wildman–Crippen MR) is 150 cm³/mol. The molecule has 2 N–H and O–H groups in total. The first-order valence-corrected chi connectivity index (χ1v) is 14.2. The van der Waals surface area contributed by atoms with E-state index >= 15 is 0 Å². The molecule has 6 rings (SSSR count). The molecule has 0 unspecified atom stereocenters. The van der Waals surface area contributed by atoms with E-state index < -0.39 is 5.91 Å². The number of benzene rings is 1. The van der Waals surface area contributed by atoms with Gasteiger partial charge in [0.25, 0.3) is 5.56 Å². The molecule has 204 valence electrons. The molecule has 2 saturated carbocycles. The molecule has 2 aromatic heterocycles. The number of rotatable bonds is 7. The molecular formula is C29H36N8O2. The van der Waals surface area contributed by atoms with E-state index in [1.54, 1.807) is 6.07 Å². The second kappa shape index (κ2) is 10.9. The van der Waals surface area contributed by atoms with Gasteiger partial charge in [0.15, 0.2) is 6.07 Å². The fourth-order valence-electron chi connectivity index (χ4n) is 6.02. The molecule has 1 aromatic carbocycles. The number of hydrogen-bond donors (Lipinski definition) is 2. The van der Waals surface area contributed by atoms with Crippen LogP contribution >= 0.6 is 0 Å². The summed E-state index contributed by atoms with van der Waals surface area (Å²) in [4.78, 5) is 40.1. The van der Waals surface area contributed by atoms with E-state index in [1.807, 2.05) is 10.8 Å². The highest BCUT2D eigenvalue weighted by atomic mass is 16.1. The van der Waals surface area contributed by atoms with Crippen LogP contribution in [0.5, 0.6) is 0 Å². The van der Waals surface area contributed by atoms with E-state index in [9.17, 15) is 9.59 Å². The Hall–Kier alpha value is -3.55. The molecule has 1 aliphatic heterocycles. The van der Waals surface area contributed by atoms with Crippen molar-refractivity contribution in [2.75, 3.05) is 45.1 Å². The summed E-state index contributed by atoms with van der Waals surface area (Å²) in [6, 6.07) is 7.81. The van der Waals surface area contributed by atoms with Crippen molar-refractivity contribution in [2.24, 2.45) is 5.92 Å². The number of nitriles is 1. The van der Waals surface area contributed by atoms with Crippen LogP contribution in [0.3, 0.4) is 0 Å². The highest BCUT2D eigenvalue weighted by molar-refractivity contribution is 6.04. The molecule has 0 atom stereocenters. The number of hydrogen-bond acceptors (Lipinski definition) is 8. The SMILES string of the molecule is CN1CCN(Cc2ccc3c(c2)c(=O)n(C2CCC(NC(=O)C#N)CC2)c2nc(NCC4CC4)ncc32)CC1. The number of anilines is 1. The van der Waals surface area contributed by atoms with Crippen molar-refractivity contribution in [3.05, 3.63) is 40.3 Å². The third-order valence-electron chi connectivity index (χ3n) is 8.57. The third kappa shape index (κ3) is 5.60. The van der Waals surface area contributed by atoms with Gasteiger partial charge in [-0.15, -0.1) is 0 Å². The van der Waals surface area contributed by atoms with Crippen molar-refractivity contribution >= 4 is 33.7 Å². The lowest BCUT2D eigenvalue weighted by Crippen LogP contribution is -2.43. The number of aromatic nitrogens is 3. The van der Waals surface area contributed by atoms with Gasteiger partial charge in [-0.05, 0) is 68.5 Å². The average Bonchev–Trinajstić information content (AvgIpc) is 3.79. The van der Waals surface area contributed by atoms with Gasteiger partial charge in [-0.1, -0.05) is 12.1 Å². The molecule has 3 fully saturated rings. The summed E-state index contributed by atoms with van der Waals surface area (Å²) in [5.41, 5.74) is 1.79. The van der Waals surface area contributed by atoms with Gasteiger partial charge in [0, 0.05) is 68.3 Å². The smallest absolute Gasteiger partial charge is 0.322 e. The van der Waals surface area contributed by atoms with Crippen molar-refractivity contribution in [1.82, 2.24) is 29.7 Å². The molecule has 2 aliphatic carbocycles. The fraction of sp³-hybridized carbons (Fsp3) is 0.552. The van der Waals surface area contributed by atoms with Crippen molar-refractivity contribution in [1.29, 1.82) is 5.26 Å². The number of nitrogens with one attached hydrogen (secondary N) is 2. The van der Waals surface area contributed by atoms with Crippen molar-refractivity contribution in [3.63, 3.8) is 0 Å². The Morgan fingerprint density at radius 3 is 2.54 bits per heavy atom. The van der Waals surface area contributed by atoms with Crippen LogP contribution in [-0.4, -0.2) is 76.1 Å². The van der Waals surface area contributed by atoms with Crippen molar-refractivity contribution < 1.29 is 4.79 Å². The zero-order valence-electron chi connectivity index (χ0n) is 22.5. The lowest BCUT2D eigenvalue weighted by Gasteiger charge is -2.32. The topological polar surface area (TPSA) is 119 Å². The van der Waals surface area contributed by atoms with Gasteiger partial charge in [0.1, 0.15) is 5.65 Å². The van der Waals surface area contributed by atoms with Gasteiger partial charge in [-0.3, -0.25) is 19.1 Å². The van der Waals surface area contributed by atoms with Gasteiger partial charge < -0.3 is 15.5 Å². The van der Waals surface area contributed by atoms with Crippen molar-refractivity contribution in [2.45, 2.75) is 57.2 Å². The Morgan fingerprint density at radius 1 is 1.05 bits per heavy atom. The monoisotopic (exact) mass is 528 g/mol. The number of nitrogens with zero attached hydrogens (tertiary/aromatic N) is 6. The minimum atomic E-state index is -0.598. The zero-order valence-corrected chi connectivity index (χ0v) is 22.5. The Kier molecular flexibility index (Phi) is 7.19. The van der Waals surface area contributed by atoms with Gasteiger partial charge >= 0.3 is 5.91 Å². The first-order valence-electron chi connectivity index (χ1n) is 14.2. The van der Waals surface area contributed by atoms with Gasteiger partial charge in [0.05, 0.1) is 0 Å². The summed E-state index contributed by atoms with van der Waals surface area (Å²) < 4.78 is 1.88. The molecule has 1 saturated heterocycles. The lowest BCUT2D eigenvalue weighted by atomic mass is 9.90. The molecular weight excluding hydrogens is 492 g/mol. The van der Waals surface area contributed by atoms with E-state index in [2.05, 4.69) is 50.7 Å². The Labute approximate surface area is 228 Å². The summed E-state index contributed by atoms with van der Waals surface area (Å²) in [5, 5.41) is 17.5. The normalized spacial score (nSPS) is 22.6. The maximum Gasteiger partial charge on any atom is 0.322 e. The summed E-state index contributed by atoms with van der Waals surface area (Å²) >= 11 is 0. The number of piperazine rings is 1. The van der Waals surface area contributed by atoms with Gasteiger partial charge in [0.2, 0.25) is 5.95 Å². The van der Waals surface area contributed by atoms with Crippen LogP contribution in [0, 0.1) is 17.2 Å². The zero-order chi connectivity index (χ0) is 26.9. The largest absolute Gasteiger partial charge is 0.354 e. The lowest BCUT2D eigenvalue weighted by molar-refractivity contribution is -0.116. The third-order valence-corrected chi connectivity index (χ3v) is 8.57. The molecule has 0 spiro atoms. The molecule has 10 heteroatoms. The average molecular weight is 529 g/mol. The Bertz CT molecular complexity index is 1470. The summed E-state index contributed by atoms with van der Waals surface area (Å²) in [5.74, 6) is 0.642. The van der Waals surface area contributed by atoms with Gasteiger partial charge in [-0.25, -0.2) is 4.98 Å². The molecule has 3 heterocycles. The molecule has 3 aliphatic rings. The Balaban J connectivity index is 1.36. The highest BCUT2D eigenvalue weighted by Gasteiger charge is 2.27. The second-order valence-corrected chi connectivity index (χ2v) is 11.5. The minimum absolute atomic E-state index is 0.0194. The van der Waals surface area contributed by atoms with Crippen LogP contribution in [0.15, 0.2) is 29.2 Å². The van der Waals surface area contributed by atoms with Crippen LogP contribution in [-0.2, 0) is 11.3 Å². The molecule has 39 heavy (non-hydrogen) atoms. The minimum Gasteiger partial charge on any atom is -0.354 e.